The summed E-state index contributed by atoms with van der Waals surface area (Å²) in [5.41, 5.74) is 0.878. The zero-order valence-electron chi connectivity index (χ0n) is 12.2. The van der Waals surface area contributed by atoms with Gasteiger partial charge >= 0.3 is 5.97 Å². The zero-order chi connectivity index (χ0) is 16.7. The van der Waals surface area contributed by atoms with E-state index in [1.165, 1.54) is 0 Å². The van der Waals surface area contributed by atoms with E-state index in [0.29, 0.717) is 5.75 Å². The Morgan fingerprint density at radius 3 is 2.57 bits per heavy atom. The van der Waals surface area contributed by atoms with Gasteiger partial charge in [0.25, 0.3) is 0 Å². The third-order valence-corrected chi connectivity index (χ3v) is 3.92. The summed E-state index contributed by atoms with van der Waals surface area (Å²) in [6.07, 6.45) is -6.46. The molecule has 1 aliphatic rings. The van der Waals surface area contributed by atoms with Crippen molar-refractivity contribution in [3.05, 3.63) is 30.5 Å². The summed E-state index contributed by atoms with van der Waals surface area (Å²) in [4.78, 5) is 11.1. The number of aliphatic hydroxyl groups excluding tert-OH is 3. The number of nitrogens with zero attached hydrogens (tertiary/aromatic N) is 1. The van der Waals surface area contributed by atoms with Crippen molar-refractivity contribution in [1.29, 1.82) is 0 Å². The highest BCUT2D eigenvalue weighted by molar-refractivity contribution is 5.86. The van der Waals surface area contributed by atoms with Gasteiger partial charge in [-0.1, -0.05) is 12.1 Å². The normalized spacial score (nSPS) is 31.2. The Kier molecular flexibility index (Phi) is 3.99. The van der Waals surface area contributed by atoms with E-state index in [1.54, 1.807) is 16.8 Å². The molecule has 0 amide bonds. The topological polar surface area (TPSA) is 121 Å². The monoisotopic (exact) mass is 323 g/mol. The van der Waals surface area contributed by atoms with Gasteiger partial charge in [-0.2, -0.15) is 0 Å². The number of rotatable bonds is 3. The van der Waals surface area contributed by atoms with Gasteiger partial charge in [0.2, 0.25) is 6.29 Å². The molecule has 5 atom stereocenters. The number of carboxylic acids is 1. The Labute approximate surface area is 131 Å². The van der Waals surface area contributed by atoms with E-state index in [9.17, 15) is 20.1 Å². The Bertz CT molecular complexity index is 728. The smallest absolute Gasteiger partial charge is 0.335 e. The van der Waals surface area contributed by atoms with Crippen LogP contribution < -0.4 is 4.74 Å². The summed E-state index contributed by atoms with van der Waals surface area (Å²) in [6.45, 7) is 0. The molecular weight excluding hydrogens is 306 g/mol. The molecule has 0 radical (unpaired) electrons. The maximum atomic E-state index is 11.1. The van der Waals surface area contributed by atoms with Crippen LogP contribution in [0.2, 0.25) is 0 Å². The molecule has 1 aromatic carbocycles. The predicted molar refractivity (Wildman–Crippen MR) is 77.9 cm³/mol. The molecule has 0 spiro atoms. The third kappa shape index (κ3) is 2.66. The molecule has 2 aromatic rings. The number of benzene rings is 1. The first-order chi connectivity index (χ1) is 10.9. The van der Waals surface area contributed by atoms with Crippen LogP contribution in [0, 0.1) is 0 Å². The lowest BCUT2D eigenvalue weighted by atomic mass is 9.99. The van der Waals surface area contributed by atoms with Crippen LogP contribution in [0.4, 0.5) is 0 Å². The lowest BCUT2D eigenvalue weighted by Crippen LogP contribution is -2.61. The Hall–Kier alpha value is -2.13. The number of ether oxygens (including phenoxy) is 2. The molecule has 1 aromatic heterocycles. The number of aliphatic carboxylic acids is 1. The quantitative estimate of drug-likeness (QED) is 0.598. The van der Waals surface area contributed by atoms with Gasteiger partial charge in [-0.05, 0) is 12.1 Å². The molecule has 124 valence electrons. The number of carboxylic acid groups (broad SMARTS) is 1. The van der Waals surface area contributed by atoms with Gasteiger partial charge in [0.15, 0.2) is 6.10 Å². The minimum atomic E-state index is -1.74. The summed E-state index contributed by atoms with van der Waals surface area (Å²) in [7, 11) is 1.81. The van der Waals surface area contributed by atoms with Crippen molar-refractivity contribution in [3.8, 4) is 5.75 Å². The van der Waals surface area contributed by atoms with Gasteiger partial charge in [-0.15, -0.1) is 0 Å². The third-order valence-electron chi connectivity index (χ3n) is 3.92. The minimum absolute atomic E-state index is 0.375. The predicted octanol–water partition coefficient (Wildman–Crippen LogP) is -0.551. The van der Waals surface area contributed by atoms with Gasteiger partial charge in [0.05, 0.1) is 5.52 Å². The highest BCUT2D eigenvalue weighted by atomic mass is 16.7. The molecule has 23 heavy (non-hydrogen) atoms. The van der Waals surface area contributed by atoms with Crippen molar-refractivity contribution in [3.63, 3.8) is 0 Å². The van der Waals surface area contributed by atoms with Crippen LogP contribution in [0.1, 0.15) is 0 Å². The summed E-state index contributed by atoms with van der Waals surface area (Å²) in [5, 5.41) is 39.2. The van der Waals surface area contributed by atoms with Gasteiger partial charge < -0.3 is 34.5 Å². The van der Waals surface area contributed by atoms with Crippen LogP contribution >= 0.6 is 0 Å². The number of hydrogen-bond acceptors (Lipinski definition) is 6. The molecule has 2 heterocycles. The minimum Gasteiger partial charge on any atom is -0.479 e. The van der Waals surface area contributed by atoms with E-state index in [0.717, 1.165) is 10.9 Å². The first kappa shape index (κ1) is 15.8. The molecule has 4 N–H and O–H groups in total. The van der Waals surface area contributed by atoms with Crippen molar-refractivity contribution in [1.82, 2.24) is 4.57 Å². The van der Waals surface area contributed by atoms with E-state index in [2.05, 4.69) is 0 Å². The fourth-order valence-corrected chi connectivity index (χ4v) is 2.67. The Morgan fingerprint density at radius 1 is 1.17 bits per heavy atom. The SMILES string of the molecule is Cn1cc(OC2O[C@H](C(=O)O)[C@@H](O)[C@H](O)[C@H]2O)c2ccccc21. The number of aliphatic hydroxyl groups is 3. The fraction of sp³-hybridized carbons (Fsp3) is 0.400. The van der Waals surface area contributed by atoms with Gasteiger partial charge in [-0.3, -0.25) is 0 Å². The first-order valence-electron chi connectivity index (χ1n) is 7.03. The second kappa shape index (κ2) is 5.82. The highest BCUT2D eigenvalue weighted by Gasteiger charge is 2.48. The molecular formula is C15H17NO7. The molecule has 8 nitrogen and oxygen atoms in total. The number of aromatic nitrogens is 1. The lowest BCUT2D eigenvalue weighted by molar-refractivity contribution is -0.270. The fourth-order valence-electron chi connectivity index (χ4n) is 2.67. The van der Waals surface area contributed by atoms with Crippen LogP contribution in [-0.4, -0.2) is 61.7 Å². The largest absolute Gasteiger partial charge is 0.479 e. The first-order valence-corrected chi connectivity index (χ1v) is 7.03. The Morgan fingerprint density at radius 2 is 1.87 bits per heavy atom. The average molecular weight is 323 g/mol. The van der Waals surface area contributed by atoms with E-state index in [-0.39, 0.29) is 0 Å². The van der Waals surface area contributed by atoms with Gasteiger partial charge in [-0.25, -0.2) is 4.79 Å². The van der Waals surface area contributed by atoms with Gasteiger partial charge in [0, 0.05) is 18.6 Å². The number of fused-ring (bicyclic) bond motifs is 1. The van der Waals surface area contributed by atoms with Crippen LogP contribution in [0.25, 0.3) is 10.9 Å². The Balaban J connectivity index is 1.90. The summed E-state index contributed by atoms with van der Waals surface area (Å²) < 4.78 is 12.5. The second-order valence-electron chi connectivity index (χ2n) is 5.47. The summed E-state index contributed by atoms with van der Waals surface area (Å²) >= 11 is 0. The molecule has 0 bridgehead atoms. The van der Waals surface area contributed by atoms with Crippen molar-refractivity contribution < 1.29 is 34.7 Å². The average Bonchev–Trinajstić information content (AvgIpc) is 2.84. The van der Waals surface area contributed by atoms with Crippen LogP contribution in [0.3, 0.4) is 0 Å². The maximum absolute atomic E-state index is 11.1. The molecule has 0 saturated carbocycles. The van der Waals surface area contributed by atoms with Crippen molar-refractivity contribution in [2.24, 2.45) is 7.05 Å². The van der Waals surface area contributed by atoms with E-state index in [4.69, 9.17) is 14.6 Å². The van der Waals surface area contributed by atoms with Crippen molar-refractivity contribution in [2.45, 2.75) is 30.7 Å². The van der Waals surface area contributed by atoms with E-state index < -0.39 is 36.7 Å². The molecule has 1 fully saturated rings. The number of hydrogen-bond donors (Lipinski definition) is 4. The molecule has 8 heteroatoms. The lowest BCUT2D eigenvalue weighted by Gasteiger charge is -2.38. The molecule has 1 saturated heterocycles. The van der Waals surface area contributed by atoms with E-state index >= 15 is 0 Å². The zero-order valence-corrected chi connectivity index (χ0v) is 12.2. The molecule has 0 aliphatic carbocycles. The summed E-state index contributed by atoms with van der Waals surface area (Å²) in [6, 6.07) is 7.35. The van der Waals surface area contributed by atoms with E-state index in [1.807, 2.05) is 25.2 Å². The van der Waals surface area contributed by atoms with Crippen LogP contribution in [0.5, 0.6) is 5.75 Å². The molecule has 3 rings (SSSR count). The highest BCUT2D eigenvalue weighted by Crippen LogP contribution is 2.31. The maximum Gasteiger partial charge on any atom is 0.335 e. The van der Waals surface area contributed by atoms with Crippen molar-refractivity contribution in [2.75, 3.05) is 0 Å². The second-order valence-corrected chi connectivity index (χ2v) is 5.47. The number of para-hydroxylation sites is 1. The van der Waals surface area contributed by atoms with Crippen LogP contribution in [0.15, 0.2) is 30.5 Å². The number of aryl methyl sites for hydroxylation is 1. The molecule has 1 aliphatic heterocycles. The van der Waals surface area contributed by atoms with Crippen LogP contribution in [-0.2, 0) is 16.6 Å². The number of carbonyl (C=O) groups is 1. The molecule has 1 unspecified atom stereocenters. The van der Waals surface area contributed by atoms with Gasteiger partial charge in [0.1, 0.15) is 24.1 Å². The van der Waals surface area contributed by atoms with Crippen molar-refractivity contribution >= 4 is 16.9 Å². The summed E-state index contributed by atoms with van der Waals surface area (Å²) in [5.74, 6) is -1.07. The standard InChI is InChI=1S/C15H17NO7/c1-16-6-9(7-4-2-3-5-8(7)16)22-15-12(19)10(17)11(18)13(23-15)14(20)21/h2-6,10-13,15,17-19H,1H3,(H,20,21)/t10-,11-,12+,13-,15?/m0/s1.